The fourth-order valence-electron chi connectivity index (χ4n) is 4.32. The number of carbonyl (C=O) groups excluding carboxylic acids is 2. The molecule has 2 aliphatic rings. The third-order valence-corrected chi connectivity index (χ3v) is 5.90. The summed E-state index contributed by atoms with van der Waals surface area (Å²) >= 11 is 0. The van der Waals surface area contributed by atoms with E-state index in [-0.39, 0.29) is 30.5 Å². The number of carbonyl (C=O) groups is 2. The van der Waals surface area contributed by atoms with Crippen molar-refractivity contribution in [3.05, 3.63) is 71.5 Å². The van der Waals surface area contributed by atoms with Crippen LogP contribution in [0.5, 0.6) is 5.75 Å². The molecule has 2 aromatic rings. The summed E-state index contributed by atoms with van der Waals surface area (Å²) in [4.78, 5) is 27.7. The molecule has 31 heavy (non-hydrogen) atoms. The van der Waals surface area contributed by atoms with E-state index in [1.807, 2.05) is 54.6 Å². The van der Waals surface area contributed by atoms with Crippen molar-refractivity contribution in [3.8, 4) is 5.75 Å². The highest BCUT2D eigenvalue weighted by Gasteiger charge is 2.42. The van der Waals surface area contributed by atoms with E-state index in [0.29, 0.717) is 12.3 Å². The van der Waals surface area contributed by atoms with E-state index < -0.39 is 0 Å². The molecule has 0 bridgehead atoms. The third kappa shape index (κ3) is 4.90. The summed E-state index contributed by atoms with van der Waals surface area (Å²) in [6, 6.07) is 17.1. The molecule has 2 atom stereocenters. The predicted molar refractivity (Wildman–Crippen MR) is 118 cm³/mol. The molecular weight excluding hydrogens is 392 g/mol. The summed E-state index contributed by atoms with van der Waals surface area (Å²) < 4.78 is 11.4. The predicted octanol–water partition coefficient (Wildman–Crippen LogP) is 3.52. The van der Waals surface area contributed by atoms with Gasteiger partial charge in [-0.3, -0.25) is 9.59 Å². The van der Waals surface area contributed by atoms with Crippen molar-refractivity contribution in [2.75, 3.05) is 13.7 Å². The van der Waals surface area contributed by atoms with Crippen LogP contribution in [0.15, 0.2) is 60.4 Å². The highest BCUT2D eigenvalue weighted by Crippen LogP contribution is 2.33. The summed E-state index contributed by atoms with van der Waals surface area (Å²) in [7, 11) is 1.61. The molecule has 1 aliphatic heterocycles. The number of nitrogens with zero attached hydrogens (tertiary/aromatic N) is 1. The number of hydrogen-bond donors (Lipinski definition) is 1. The third-order valence-electron chi connectivity index (χ3n) is 5.90. The molecule has 0 aromatic heterocycles. The van der Waals surface area contributed by atoms with Crippen LogP contribution in [-0.4, -0.2) is 42.5 Å². The van der Waals surface area contributed by atoms with E-state index in [9.17, 15) is 9.59 Å². The van der Waals surface area contributed by atoms with Crippen LogP contribution < -0.4 is 10.1 Å². The highest BCUT2D eigenvalue weighted by atomic mass is 16.5. The van der Waals surface area contributed by atoms with Crippen molar-refractivity contribution in [2.45, 2.75) is 44.4 Å². The van der Waals surface area contributed by atoms with Crippen LogP contribution in [0.25, 0.3) is 6.08 Å². The summed E-state index contributed by atoms with van der Waals surface area (Å²) in [5.41, 5.74) is 1.80. The summed E-state index contributed by atoms with van der Waals surface area (Å²) in [5, 5.41) is 2.93. The Kier molecular flexibility index (Phi) is 6.55. The summed E-state index contributed by atoms with van der Waals surface area (Å²) in [6.45, 7) is 0.368. The van der Waals surface area contributed by atoms with Gasteiger partial charge in [0.15, 0.2) is 5.76 Å². The topological polar surface area (TPSA) is 67.9 Å². The van der Waals surface area contributed by atoms with Crippen LogP contribution in [0.2, 0.25) is 0 Å². The Labute approximate surface area is 182 Å². The summed E-state index contributed by atoms with van der Waals surface area (Å²) in [6.07, 6.45) is 5.56. The van der Waals surface area contributed by atoms with Crippen molar-refractivity contribution in [3.63, 3.8) is 0 Å². The highest BCUT2D eigenvalue weighted by molar-refractivity contribution is 5.98. The molecule has 1 aliphatic carbocycles. The molecule has 1 N–H and O–H groups in total. The lowest BCUT2D eigenvalue weighted by Gasteiger charge is -2.44. The molecule has 0 radical (unpaired) electrons. The maximum Gasteiger partial charge on any atom is 0.289 e. The van der Waals surface area contributed by atoms with Gasteiger partial charge >= 0.3 is 0 Å². The van der Waals surface area contributed by atoms with Crippen molar-refractivity contribution in [1.82, 2.24) is 10.2 Å². The fraction of sp³-hybridized carbons (Fsp3) is 0.360. The average Bonchev–Trinajstić information content (AvgIpc) is 2.81. The van der Waals surface area contributed by atoms with Crippen LogP contribution in [-0.2, 0) is 20.9 Å². The van der Waals surface area contributed by atoms with E-state index in [0.717, 1.165) is 42.6 Å². The fourth-order valence-corrected chi connectivity index (χ4v) is 4.32. The van der Waals surface area contributed by atoms with Gasteiger partial charge in [0.25, 0.3) is 5.91 Å². The smallest absolute Gasteiger partial charge is 0.289 e. The Morgan fingerprint density at radius 1 is 1.13 bits per heavy atom. The molecule has 162 valence electrons. The first-order chi connectivity index (χ1) is 15.2. The van der Waals surface area contributed by atoms with Crippen LogP contribution in [0.1, 0.15) is 36.8 Å². The van der Waals surface area contributed by atoms with E-state index in [1.54, 1.807) is 18.1 Å². The largest absolute Gasteiger partial charge is 0.496 e. The molecule has 1 heterocycles. The van der Waals surface area contributed by atoms with Gasteiger partial charge in [-0.2, -0.15) is 0 Å². The Bertz CT molecular complexity index is 957. The van der Waals surface area contributed by atoms with Gasteiger partial charge in [0.1, 0.15) is 18.4 Å². The molecule has 6 nitrogen and oxygen atoms in total. The molecule has 2 aromatic carbocycles. The van der Waals surface area contributed by atoms with Crippen molar-refractivity contribution < 1.29 is 19.1 Å². The number of hydrogen-bond acceptors (Lipinski definition) is 4. The lowest BCUT2D eigenvalue weighted by molar-refractivity contribution is -0.151. The van der Waals surface area contributed by atoms with E-state index in [1.165, 1.54) is 0 Å². The first kappa shape index (κ1) is 21.0. The molecule has 4 rings (SSSR count). The number of amides is 2. The maximum atomic E-state index is 13.2. The Hall–Kier alpha value is -3.28. The number of nitrogens with one attached hydrogen (secondary N) is 1. The molecule has 1 saturated carbocycles. The first-order valence-corrected chi connectivity index (χ1v) is 10.8. The van der Waals surface area contributed by atoms with Crippen LogP contribution in [0.4, 0.5) is 0 Å². The second kappa shape index (κ2) is 9.69. The van der Waals surface area contributed by atoms with Crippen molar-refractivity contribution >= 4 is 17.9 Å². The monoisotopic (exact) mass is 420 g/mol. The number of ether oxygens (including phenoxy) is 2. The minimum absolute atomic E-state index is 0.0185. The number of morpholine rings is 1. The number of fused-ring (bicyclic) bond motifs is 1. The Morgan fingerprint density at radius 2 is 1.87 bits per heavy atom. The van der Waals surface area contributed by atoms with Crippen LogP contribution in [0.3, 0.4) is 0 Å². The van der Waals surface area contributed by atoms with Gasteiger partial charge in [0, 0.05) is 12.1 Å². The van der Waals surface area contributed by atoms with Gasteiger partial charge in [-0.05, 0) is 37.0 Å². The number of benzene rings is 2. The minimum Gasteiger partial charge on any atom is -0.496 e. The lowest BCUT2D eigenvalue weighted by atomic mass is 9.89. The van der Waals surface area contributed by atoms with E-state index in [4.69, 9.17) is 9.47 Å². The second-order valence-corrected chi connectivity index (χ2v) is 7.95. The molecule has 2 amide bonds. The molecule has 0 spiro atoms. The molecule has 2 unspecified atom stereocenters. The van der Waals surface area contributed by atoms with Crippen molar-refractivity contribution in [1.29, 1.82) is 0 Å². The van der Waals surface area contributed by atoms with Gasteiger partial charge in [-0.15, -0.1) is 0 Å². The zero-order valence-corrected chi connectivity index (χ0v) is 17.8. The lowest BCUT2D eigenvalue weighted by Crippen LogP contribution is -2.57. The second-order valence-electron chi connectivity index (χ2n) is 7.95. The quantitative estimate of drug-likeness (QED) is 0.726. The molecule has 2 fully saturated rings. The number of para-hydroxylation sites is 1. The zero-order valence-electron chi connectivity index (χ0n) is 17.8. The van der Waals surface area contributed by atoms with Gasteiger partial charge in [-0.25, -0.2) is 0 Å². The average molecular weight is 421 g/mol. The van der Waals surface area contributed by atoms with E-state index >= 15 is 0 Å². The Morgan fingerprint density at radius 3 is 2.68 bits per heavy atom. The Balaban J connectivity index is 1.48. The van der Waals surface area contributed by atoms with Gasteiger partial charge in [0.2, 0.25) is 5.91 Å². The zero-order chi connectivity index (χ0) is 21.6. The van der Waals surface area contributed by atoms with Gasteiger partial charge in [-0.1, -0.05) is 55.0 Å². The first-order valence-electron chi connectivity index (χ1n) is 10.8. The molecular formula is C25H28N2O4. The van der Waals surface area contributed by atoms with Crippen LogP contribution in [0, 0.1) is 0 Å². The molecule has 1 saturated heterocycles. The van der Waals surface area contributed by atoms with Crippen molar-refractivity contribution in [2.24, 2.45) is 0 Å². The number of rotatable bonds is 6. The standard InChI is InChI=1S/C25H28N2O4/c1-30-21-13-7-5-11-19(21)16-26-24(28)17-27-20-12-6-8-14-22(20)31-23(25(27)29)15-18-9-3-2-4-10-18/h2-5,7,9-11,13,15,20,22H,6,8,12,14,16-17H2,1H3,(H,26,28)/b23-15+. The SMILES string of the molecule is COc1ccccc1CNC(=O)CN1C(=O)/C(=C\c2ccccc2)OC2CCCCC21. The summed E-state index contributed by atoms with van der Waals surface area (Å²) in [5.74, 6) is 0.626. The van der Waals surface area contributed by atoms with E-state index in [2.05, 4.69) is 5.32 Å². The van der Waals surface area contributed by atoms with Crippen LogP contribution >= 0.6 is 0 Å². The maximum absolute atomic E-state index is 13.2. The van der Waals surface area contributed by atoms with Gasteiger partial charge < -0.3 is 19.7 Å². The number of methoxy groups -OCH3 is 1. The normalized spacial score (nSPS) is 21.9. The van der Waals surface area contributed by atoms with Gasteiger partial charge in [0.05, 0.1) is 13.2 Å². The molecule has 6 heteroatoms. The minimum atomic E-state index is -0.223.